The van der Waals surface area contributed by atoms with Gasteiger partial charge in [0.15, 0.2) is 0 Å². The summed E-state index contributed by atoms with van der Waals surface area (Å²) >= 11 is 3.41. The van der Waals surface area contributed by atoms with E-state index in [-0.39, 0.29) is 11.5 Å². The van der Waals surface area contributed by atoms with Gasteiger partial charge in [-0.05, 0) is 42.8 Å². The van der Waals surface area contributed by atoms with Crippen molar-refractivity contribution < 1.29 is 4.74 Å². The second-order valence-corrected chi connectivity index (χ2v) is 7.07. The Labute approximate surface area is 160 Å². The van der Waals surface area contributed by atoms with Gasteiger partial charge in [0.2, 0.25) is 0 Å². The lowest BCUT2D eigenvalue weighted by Gasteiger charge is -2.12. The lowest BCUT2D eigenvalue weighted by molar-refractivity contribution is 0.340. The fraction of sp³-hybridized carbons (Fsp3) is 0.250. The van der Waals surface area contributed by atoms with Crippen LogP contribution in [0.4, 0.5) is 0 Å². The van der Waals surface area contributed by atoms with Crippen LogP contribution in [0.3, 0.4) is 0 Å². The van der Waals surface area contributed by atoms with Crippen LogP contribution in [0.2, 0.25) is 0 Å². The maximum absolute atomic E-state index is 13.0. The van der Waals surface area contributed by atoms with Crippen molar-refractivity contribution in [3.63, 3.8) is 0 Å². The summed E-state index contributed by atoms with van der Waals surface area (Å²) in [7, 11) is 0. The second-order valence-electron chi connectivity index (χ2n) is 6.15. The minimum absolute atomic E-state index is 0.0580. The van der Waals surface area contributed by atoms with Crippen molar-refractivity contribution in [3.05, 3.63) is 68.7 Å². The summed E-state index contributed by atoms with van der Waals surface area (Å²) < 4.78 is 7.72. The van der Waals surface area contributed by atoms with Gasteiger partial charge in [-0.15, -0.1) is 0 Å². The molecule has 0 saturated carbocycles. The molecular weight excluding hydrogens is 394 g/mol. The number of rotatable bonds is 5. The van der Waals surface area contributed by atoms with Crippen molar-refractivity contribution in [2.24, 2.45) is 5.10 Å². The highest BCUT2D eigenvalue weighted by Crippen LogP contribution is 2.19. The lowest BCUT2D eigenvalue weighted by Crippen LogP contribution is -2.23. The van der Waals surface area contributed by atoms with E-state index in [1.807, 2.05) is 57.2 Å². The lowest BCUT2D eigenvalue weighted by atomic mass is 10.2. The van der Waals surface area contributed by atoms with Crippen LogP contribution in [0.15, 0.2) is 56.8 Å². The van der Waals surface area contributed by atoms with Gasteiger partial charge in [0.05, 0.1) is 23.7 Å². The fourth-order valence-corrected chi connectivity index (χ4v) is 2.99. The summed E-state index contributed by atoms with van der Waals surface area (Å²) in [6, 6.07) is 13.1. The zero-order valence-electron chi connectivity index (χ0n) is 14.9. The zero-order valence-corrected chi connectivity index (χ0v) is 16.5. The van der Waals surface area contributed by atoms with Gasteiger partial charge in [-0.1, -0.05) is 41.9 Å². The summed E-state index contributed by atoms with van der Waals surface area (Å²) in [5, 5.41) is 4.96. The second kappa shape index (κ2) is 7.83. The molecule has 0 amide bonds. The molecule has 5 nitrogen and oxygen atoms in total. The van der Waals surface area contributed by atoms with Crippen molar-refractivity contribution in [3.8, 4) is 5.75 Å². The first-order valence-corrected chi connectivity index (χ1v) is 9.28. The molecule has 1 aromatic heterocycles. The summed E-state index contributed by atoms with van der Waals surface area (Å²) in [6.07, 6.45) is 1.65. The Kier molecular flexibility index (Phi) is 5.52. The molecule has 3 rings (SSSR count). The maximum Gasteiger partial charge on any atom is 0.282 e. The Bertz CT molecular complexity index is 1030. The molecule has 2 aromatic carbocycles. The Hall–Kier alpha value is -2.47. The zero-order chi connectivity index (χ0) is 18.7. The fourth-order valence-electron chi connectivity index (χ4n) is 2.63. The van der Waals surface area contributed by atoms with Gasteiger partial charge in [0.25, 0.3) is 5.56 Å². The van der Waals surface area contributed by atoms with Gasteiger partial charge in [0.1, 0.15) is 11.6 Å². The van der Waals surface area contributed by atoms with Gasteiger partial charge in [-0.25, -0.2) is 4.98 Å². The minimum atomic E-state index is -0.183. The number of benzene rings is 2. The molecule has 0 saturated heterocycles. The highest BCUT2D eigenvalue weighted by atomic mass is 79.9. The molecular formula is C20H20BrN3O2. The first kappa shape index (κ1) is 18.3. The number of ether oxygens (including phenoxy) is 1. The third kappa shape index (κ3) is 3.85. The van der Waals surface area contributed by atoms with Gasteiger partial charge in [0, 0.05) is 10.4 Å². The van der Waals surface area contributed by atoms with Crippen molar-refractivity contribution >= 4 is 33.0 Å². The minimum Gasteiger partial charge on any atom is -0.494 e. The van der Waals surface area contributed by atoms with Crippen LogP contribution in [0.5, 0.6) is 5.75 Å². The molecule has 3 aromatic rings. The van der Waals surface area contributed by atoms with E-state index in [9.17, 15) is 4.79 Å². The van der Waals surface area contributed by atoms with Crippen LogP contribution in [0, 0.1) is 0 Å². The monoisotopic (exact) mass is 413 g/mol. The summed E-state index contributed by atoms with van der Waals surface area (Å²) in [5.74, 6) is 1.46. The molecule has 134 valence electrons. The molecule has 0 bridgehead atoms. The van der Waals surface area contributed by atoms with E-state index >= 15 is 0 Å². The van der Waals surface area contributed by atoms with Crippen molar-refractivity contribution in [1.82, 2.24) is 9.66 Å². The topological polar surface area (TPSA) is 56.5 Å². The Balaban J connectivity index is 2.11. The molecule has 0 radical (unpaired) electrons. The molecule has 0 spiro atoms. The SMILES string of the molecule is CCOc1cccc(C=Nn2c(C(C)C)nc3ccc(Br)cc3c2=O)c1. The van der Waals surface area contributed by atoms with Crippen LogP contribution in [-0.2, 0) is 0 Å². The molecule has 0 fully saturated rings. The van der Waals surface area contributed by atoms with Gasteiger partial charge in [-0.3, -0.25) is 4.79 Å². The predicted molar refractivity (Wildman–Crippen MR) is 108 cm³/mol. The highest BCUT2D eigenvalue weighted by Gasteiger charge is 2.13. The van der Waals surface area contributed by atoms with Crippen LogP contribution in [-0.4, -0.2) is 22.5 Å². The molecule has 0 aliphatic heterocycles. The van der Waals surface area contributed by atoms with Crippen molar-refractivity contribution in [2.45, 2.75) is 26.7 Å². The van der Waals surface area contributed by atoms with E-state index in [1.165, 1.54) is 4.68 Å². The summed E-state index contributed by atoms with van der Waals surface area (Å²) in [4.78, 5) is 17.6. The highest BCUT2D eigenvalue weighted by molar-refractivity contribution is 9.10. The average Bonchev–Trinajstić information content (AvgIpc) is 2.62. The van der Waals surface area contributed by atoms with Gasteiger partial charge >= 0.3 is 0 Å². The number of fused-ring (bicyclic) bond motifs is 1. The molecule has 0 unspecified atom stereocenters. The van der Waals surface area contributed by atoms with E-state index in [0.717, 1.165) is 15.8 Å². The van der Waals surface area contributed by atoms with E-state index < -0.39 is 0 Å². The maximum atomic E-state index is 13.0. The van der Waals surface area contributed by atoms with Crippen molar-refractivity contribution in [1.29, 1.82) is 0 Å². The molecule has 26 heavy (non-hydrogen) atoms. The summed E-state index contributed by atoms with van der Waals surface area (Å²) in [6.45, 7) is 6.53. The first-order chi connectivity index (χ1) is 12.5. The molecule has 1 heterocycles. The largest absolute Gasteiger partial charge is 0.494 e. The standard InChI is InChI=1S/C20H20BrN3O2/c1-4-26-16-7-5-6-14(10-16)12-22-24-19(13(2)3)23-18-9-8-15(21)11-17(18)20(24)25/h5-13H,4H2,1-3H3. The van der Waals surface area contributed by atoms with Crippen LogP contribution < -0.4 is 10.3 Å². The molecule has 0 aliphatic rings. The van der Waals surface area contributed by atoms with Crippen LogP contribution >= 0.6 is 15.9 Å². The third-order valence-corrected chi connectivity index (χ3v) is 4.33. The Morgan fingerprint density at radius 1 is 1.27 bits per heavy atom. The van der Waals surface area contributed by atoms with E-state index in [0.29, 0.717) is 23.3 Å². The summed E-state index contributed by atoms with van der Waals surface area (Å²) in [5.41, 5.74) is 1.34. The van der Waals surface area contributed by atoms with E-state index in [2.05, 4.69) is 26.0 Å². The molecule has 0 N–H and O–H groups in total. The predicted octanol–water partition coefficient (Wildman–Crippen LogP) is 4.56. The number of aromatic nitrogens is 2. The Morgan fingerprint density at radius 3 is 2.81 bits per heavy atom. The third-order valence-electron chi connectivity index (χ3n) is 3.84. The number of hydrogen-bond acceptors (Lipinski definition) is 4. The van der Waals surface area contributed by atoms with E-state index in [1.54, 1.807) is 12.3 Å². The molecule has 0 aliphatic carbocycles. The first-order valence-electron chi connectivity index (χ1n) is 8.49. The van der Waals surface area contributed by atoms with Gasteiger partial charge in [-0.2, -0.15) is 9.78 Å². The molecule has 6 heteroatoms. The number of nitrogens with zero attached hydrogens (tertiary/aromatic N) is 3. The van der Waals surface area contributed by atoms with E-state index in [4.69, 9.17) is 4.74 Å². The number of hydrogen-bond donors (Lipinski definition) is 0. The normalized spacial score (nSPS) is 11.6. The van der Waals surface area contributed by atoms with Crippen molar-refractivity contribution in [2.75, 3.05) is 6.61 Å². The van der Waals surface area contributed by atoms with Crippen LogP contribution in [0.25, 0.3) is 10.9 Å². The quantitative estimate of drug-likeness (QED) is 0.575. The Morgan fingerprint density at radius 2 is 2.08 bits per heavy atom. The van der Waals surface area contributed by atoms with Gasteiger partial charge < -0.3 is 4.74 Å². The van der Waals surface area contributed by atoms with Crippen LogP contribution in [0.1, 0.15) is 38.1 Å². The average molecular weight is 414 g/mol. The smallest absolute Gasteiger partial charge is 0.282 e. The molecule has 0 atom stereocenters. The number of halogens is 1.